The highest BCUT2D eigenvalue weighted by Gasteiger charge is 2.45. The smallest absolute Gasteiger partial charge is 0.179 e. The summed E-state index contributed by atoms with van der Waals surface area (Å²) in [6.07, 6.45) is 0. The minimum Gasteiger partial charge on any atom is -0.454 e. The Morgan fingerprint density at radius 3 is 0.991 bits per heavy atom. The minimum absolute atomic E-state index is 0.0668. The summed E-state index contributed by atoms with van der Waals surface area (Å²) in [5.41, 5.74) is 20.8. The molecule has 117 heavy (non-hydrogen) atoms. The molecule has 4 nitrogen and oxygen atoms in total. The van der Waals surface area contributed by atoms with Crippen molar-refractivity contribution in [1.82, 2.24) is 0 Å². The quantitative estimate of drug-likeness (QED) is 0.0713. The van der Waals surface area contributed by atoms with Gasteiger partial charge in [0.05, 0.1) is 17.1 Å². The zero-order valence-electron chi connectivity index (χ0n) is 67.3. The van der Waals surface area contributed by atoms with Crippen molar-refractivity contribution in [1.29, 1.82) is 0 Å². The number of hydrogen-bond acceptors (Lipinski definition) is 4. The van der Waals surface area contributed by atoms with E-state index in [1.54, 1.807) is 0 Å². The summed E-state index contributed by atoms with van der Waals surface area (Å²) in [6.45, 7) is 18.6. The van der Waals surface area contributed by atoms with Crippen LogP contribution in [0.25, 0.3) is 88.0 Å². The summed E-state index contributed by atoms with van der Waals surface area (Å²) >= 11 is 0. The van der Waals surface area contributed by atoms with Crippen molar-refractivity contribution in [3.8, 4) is 33.4 Å². The molecule has 6 heteroatoms. The zero-order valence-corrected chi connectivity index (χ0v) is 69.3. The molecule has 0 bridgehead atoms. The highest BCUT2D eigenvalue weighted by Crippen LogP contribution is 2.58. The second-order valence-electron chi connectivity index (χ2n) is 34.2. The van der Waals surface area contributed by atoms with Crippen LogP contribution in [0.2, 0.25) is 0 Å². The van der Waals surface area contributed by atoms with Crippen LogP contribution in [0.1, 0.15) is 77.6 Å². The predicted molar refractivity (Wildman–Crippen MR) is 501 cm³/mol. The number of anilines is 6. The third kappa shape index (κ3) is 12.0. The highest BCUT2D eigenvalue weighted by atomic mass is 28.3. The van der Waals surface area contributed by atoms with Gasteiger partial charge in [0.2, 0.25) is 0 Å². The van der Waals surface area contributed by atoms with Crippen molar-refractivity contribution < 1.29 is 8.83 Å². The van der Waals surface area contributed by atoms with Gasteiger partial charge in [-0.25, -0.2) is 0 Å². The molecule has 0 fully saturated rings. The fourth-order valence-corrected chi connectivity index (χ4v) is 29.0. The van der Waals surface area contributed by atoms with Crippen LogP contribution in [-0.2, 0) is 16.2 Å². The third-order valence-electron chi connectivity index (χ3n) is 25.1. The first-order chi connectivity index (χ1) is 57.1. The SMILES string of the molecule is CC(C)(C)c1ccc(N(c2ccc3c(c2)C(C)(C)c2cc(N(c4ccc(C(C)(C)C)cc4)c4ccc(-c5cccc([Si](c6ccccc6)(c6ccccc6)c6ccccc6)c5)c5c4oc4ccccc45)c4ccccc4c2-3)c2ccc(-c3cccc([Si](c4ccccc4)(c4ccccc4)c4ccccc4)c3)c3c2oc2ccccc23)cc1. The third-order valence-corrected chi connectivity index (χ3v) is 34.6. The van der Waals surface area contributed by atoms with E-state index in [1.165, 1.54) is 80.3 Å². The first kappa shape index (κ1) is 72.6. The van der Waals surface area contributed by atoms with Crippen LogP contribution in [0.4, 0.5) is 34.1 Å². The molecule has 564 valence electrons. The number of para-hydroxylation sites is 2. The van der Waals surface area contributed by atoms with Crippen LogP contribution in [-0.4, -0.2) is 16.1 Å². The van der Waals surface area contributed by atoms with E-state index in [0.717, 1.165) is 106 Å². The molecule has 0 atom stereocenters. The maximum atomic E-state index is 7.47. The molecule has 0 unspecified atom stereocenters. The Morgan fingerprint density at radius 1 is 0.256 bits per heavy atom. The molecule has 2 aromatic heterocycles. The van der Waals surface area contributed by atoms with E-state index in [0.29, 0.717) is 0 Å². The van der Waals surface area contributed by atoms with E-state index in [9.17, 15) is 0 Å². The zero-order chi connectivity index (χ0) is 79.4. The number of rotatable bonds is 16. The fraction of sp³-hybridized carbons (Fsp3) is 0.0991. The van der Waals surface area contributed by atoms with Crippen molar-refractivity contribution in [2.75, 3.05) is 9.80 Å². The normalized spacial score (nSPS) is 12.9. The van der Waals surface area contributed by atoms with Crippen LogP contribution in [0, 0.1) is 0 Å². The van der Waals surface area contributed by atoms with Crippen molar-refractivity contribution in [3.05, 3.63) is 423 Å². The Kier molecular flexibility index (Phi) is 17.7. The van der Waals surface area contributed by atoms with Gasteiger partial charge >= 0.3 is 0 Å². The summed E-state index contributed by atoms with van der Waals surface area (Å²) in [6, 6.07) is 150. The molecule has 0 saturated carbocycles. The summed E-state index contributed by atoms with van der Waals surface area (Å²) in [4.78, 5) is 4.95. The summed E-state index contributed by atoms with van der Waals surface area (Å²) in [5.74, 6) is 0. The maximum absolute atomic E-state index is 7.47. The molecular weight excluding hydrogens is 1450 g/mol. The first-order valence-electron chi connectivity index (χ1n) is 41.0. The molecule has 0 aliphatic heterocycles. The molecule has 0 N–H and O–H groups in total. The number of nitrogens with zero attached hydrogens (tertiary/aromatic N) is 2. The van der Waals surface area contributed by atoms with Gasteiger partial charge in [0.15, 0.2) is 27.3 Å². The largest absolute Gasteiger partial charge is 0.454 e. The number of fused-ring (bicyclic) bond motifs is 11. The molecule has 19 aromatic rings. The monoisotopic (exact) mass is 1540 g/mol. The van der Waals surface area contributed by atoms with Gasteiger partial charge in [-0.15, -0.1) is 0 Å². The van der Waals surface area contributed by atoms with E-state index in [4.69, 9.17) is 8.83 Å². The Bertz CT molecular complexity index is 6770. The van der Waals surface area contributed by atoms with Crippen LogP contribution in [0.5, 0.6) is 0 Å². The Hall–Kier alpha value is -13.4. The lowest BCUT2D eigenvalue weighted by molar-refractivity contribution is 0.590. The van der Waals surface area contributed by atoms with E-state index in [1.807, 2.05) is 0 Å². The highest BCUT2D eigenvalue weighted by molar-refractivity contribution is 7.20. The standard InChI is InChI=1S/C111H90N2O2Si2/c1-109(2,3)77-57-61-79(62-58-77)112(99-69-67-90(105-95-53-29-31-55-102(95)114-107(99)105)75-35-33-49-88(71-75)116(82-37-15-9-16-38-82,83-39-17-10-18-40-83)84-41-19-11-20-42-84)81-65-66-94-97(73-81)111(7,8)98-74-101(92-51-27-28-52-93(92)104(94)98)113(80-63-59-78(60-64-80)110(4,5)6)100-70-68-91(106-96-54-30-32-56-103(96)115-108(100)106)76-36-34-50-89(72-76)117(85-43-21-12-22-44-85,86-45-23-13-24-46-86)87-47-25-14-26-48-87/h9-74H,1-8H3. The van der Waals surface area contributed by atoms with E-state index < -0.39 is 21.6 Å². The van der Waals surface area contributed by atoms with Crippen molar-refractivity contribution >= 4 is 146 Å². The Morgan fingerprint density at radius 2 is 0.590 bits per heavy atom. The van der Waals surface area contributed by atoms with Gasteiger partial charge in [0.25, 0.3) is 0 Å². The van der Waals surface area contributed by atoms with Crippen LogP contribution in [0.15, 0.2) is 409 Å². The summed E-state index contributed by atoms with van der Waals surface area (Å²) in [5, 5.41) is 17.2. The van der Waals surface area contributed by atoms with Gasteiger partial charge in [0.1, 0.15) is 11.2 Å². The van der Waals surface area contributed by atoms with Crippen LogP contribution >= 0.6 is 0 Å². The molecule has 0 saturated heterocycles. The molecule has 20 rings (SSSR count). The molecule has 2 heterocycles. The molecule has 0 radical (unpaired) electrons. The summed E-state index contributed by atoms with van der Waals surface area (Å²) in [7, 11) is -5.83. The van der Waals surface area contributed by atoms with Gasteiger partial charge in [-0.05, 0) is 180 Å². The van der Waals surface area contributed by atoms with Gasteiger partial charge in [-0.3, -0.25) is 0 Å². The number of benzene rings is 17. The summed E-state index contributed by atoms with van der Waals surface area (Å²) < 4.78 is 14.9. The molecule has 1 aliphatic rings. The molecule has 1 aliphatic carbocycles. The van der Waals surface area contributed by atoms with E-state index >= 15 is 0 Å². The van der Waals surface area contributed by atoms with Crippen LogP contribution < -0.4 is 51.3 Å². The molecular formula is C111H90N2O2Si2. The number of furan rings is 2. The predicted octanol–water partition coefficient (Wildman–Crippen LogP) is 24.6. The topological polar surface area (TPSA) is 32.8 Å². The Labute approximate surface area is 687 Å². The fourth-order valence-electron chi connectivity index (χ4n) is 19.4. The molecule has 0 amide bonds. The van der Waals surface area contributed by atoms with Crippen molar-refractivity contribution in [2.24, 2.45) is 0 Å². The lowest BCUT2D eigenvalue weighted by Crippen LogP contribution is -2.74. The lowest BCUT2D eigenvalue weighted by Gasteiger charge is -2.34. The number of hydrogen-bond donors (Lipinski definition) is 0. The first-order valence-corrected chi connectivity index (χ1v) is 45.0. The Balaban J connectivity index is 0.760. The molecule has 0 spiro atoms. The van der Waals surface area contributed by atoms with E-state index in [-0.39, 0.29) is 10.8 Å². The lowest BCUT2D eigenvalue weighted by atomic mass is 9.81. The van der Waals surface area contributed by atoms with Gasteiger partial charge in [-0.2, -0.15) is 0 Å². The molecule has 17 aromatic carbocycles. The van der Waals surface area contributed by atoms with Crippen molar-refractivity contribution in [2.45, 2.75) is 71.6 Å². The average Bonchev–Trinajstić information content (AvgIpc) is 1.40. The van der Waals surface area contributed by atoms with Gasteiger partial charge in [-0.1, -0.05) is 389 Å². The second-order valence-corrected chi connectivity index (χ2v) is 41.8. The van der Waals surface area contributed by atoms with Crippen LogP contribution in [0.3, 0.4) is 0 Å². The van der Waals surface area contributed by atoms with Crippen molar-refractivity contribution in [3.63, 3.8) is 0 Å². The van der Waals surface area contributed by atoms with Gasteiger partial charge in [0, 0.05) is 49.4 Å². The van der Waals surface area contributed by atoms with Gasteiger partial charge < -0.3 is 18.6 Å². The second kappa shape index (κ2) is 28.6. The minimum atomic E-state index is -2.92. The average molecular weight is 1540 g/mol. The van der Waals surface area contributed by atoms with E-state index in [2.05, 4.69) is 466 Å². The maximum Gasteiger partial charge on any atom is 0.179 e.